The number of carboxylic acid groups (broad SMARTS) is 1. The predicted octanol–water partition coefficient (Wildman–Crippen LogP) is 1.32. The molecular weight excluding hydrogens is 258 g/mol. The second-order valence-electron chi connectivity index (χ2n) is 4.73. The lowest BCUT2D eigenvalue weighted by molar-refractivity contribution is -0.158. The summed E-state index contributed by atoms with van der Waals surface area (Å²) in [6, 6.07) is 7.80. The Morgan fingerprint density at radius 3 is 2.70 bits per heavy atom. The summed E-state index contributed by atoms with van der Waals surface area (Å²) in [6.07, 6.45) is 2.27. The Hall–Kier alpha value is -2.14. The van der Waals surface area contributed by atoms with E-state index in [0.717, 1.165) is 11.1 Å². The van der Waals surface area contributed by atoms with Gasteiger partial charge in [-0.1, -0.05) is 29.8 Å². The molecule has 0 bridgehead atoms. The normalized spacial score (nSPS) is 19.2. The minimum absolute atomic E-state index is 0.0897. The van der Waals surface area contributed by atoms with Crippen molar-refractivity contribution in [3.05, 3.63) is 41.5 Å². The lowest BCUT2D eigenvalue weighted by atomic mass is 10.1. The summed E-state index contributed by atoms with van der Waals surface area (Å²) in [7, 11) is 0. The van der Waals surface area contributed by atoms with E-state index < -0.39 is 12.1 Å². The Bertz CT molecular complexity index is 521. The molecule has 5 nitrogen and oxygen atoms in total. The first-order valence-corrected chi connectivity index (χ1v) is 6.44. The molecule has 106 valence electrons. The summed E-state index contributed by atoms with van der Waals surface area (Å²) in [5.41, 5.74) is 2.10. The van der Waals surface area contributed by atoms with Crippen molar-refractivity contribution in [1.82, 2.24) is 4.90 Å². The predicted molar refractivity (Wildman–Crippen MR) is 74.2 cm³/mol. The largest absolute Gasteiger partial charge is 0.479 e. The van der Waals surface area contributed by atoms with Gasteiger partial charge in [0.1, 0.15) is 0 Å². The maximum atomic E-state index is 12.0. The molecule has 20 heavy (non-hydrogen) atoms. The van der Waals surface area contributed by atoms with Gasteiger partial charge in [0.05, 0.1) is 13.2 Å². The molecule has 1 heterocycles. The fraction of sp³-hybridized carbons (Fsp3) is 0.333. The van der Waals surface area contributed by atoms with Crippen LogP contribution in [0.15, 0.2) is 30.3 Å². The molecular formula is C15H17NO4. The van der Waals surface area contributed by atoms with E-state index >= 15 is 0 Å². The van der Waals surface area contributed by atoms with Crippen LogP contribution in [0, 0.1) is 6.92 Å². The molecule has 0 aromatic heterocycles. The monoisotopic (exact) mass is 275 g/mol. The van der Waals surface area contributed by atoms with Crippen LogP contribution in [0.5, 0.6) is 0 Å². The Morgan fingerprint density at radius 1 is 1.35 bits per heavy atom. The van der Waals surface area contributed by atoms with Gasteiger partial charge in [0, 0.05) is 12.6 Å². The average Bonchev–Trinajstić information content (AvgIpc) is 2.46. The summed E-state index contributed by atoms with van der Waals surface area (Å²) in [5.74, 6) is -1.23. The second-order valence-corrected chi connectivity index (χ2v) is 4.73. The molecule has 0 spiro atoms. The molecule has 2 rings (SSSR count). The van der Waals surface area contributed by atoms with Crippen molar-refractivity contribution in [2.45, 2.75) is 13.0 Å². The zero-order valence-corrected chi connectivity index (χ0v) is 11.3. The van der Waals surface area contributed by atoms with Crippen molar-refractivity contribution in [3.63, 3.8) is 0 Å². The van der Waals surface area contributed by atoms with Crippen LogP contribution in [0.25, 0.3) is 6.08 Å². The van der Waals surface area contributed by atoms with E-state index in [9.17, 15) is 9.59 Å². The van der Waals surface area contributed by atoms with Gasteiger partial charge in [-0.05, 0) is 18.6 Å². The minimum atomic E-state index is -1.04. The number of rotatable bonds is 3. The first-order valence-electron chi connectivity index (χ1n) is 6.44. The standard InChI is InChI=1S/C15H17NO4/c1-11-2-4-12(5-3-11)6-7-14(17)16-8-9-20-13(10-16)15(18)19/h2-7,13H,8-10H2,1H3,(H,18,19)/b7-6+. The van der Waals surface area contributed by atoms with Gasteiger partial charge in [-0.15, -0.1) is 0 Å². The van der Waals surface area contributed by atoms with Crippen LogP contribution >= 0.6 is 0 Å². The topological polar surface area (TPSA) is 66.8 Å². The van der Waals surface area contributed by atoms with Gasteiger partial charge in [0.2, 0.25) is 5.91 Å². The van der Waals surface area contributed by atoms with E-state index in [0.29, 0.717) is 6.54 Å². The van der Waals surface area contributed by atoms with Crippen LogP contribution in [0.2, 0.25) is 0 Å². The number of hydrogen-bond donors (Lipinski definition) is 1. The molecule has 0 saturated carbocycles. The fourth-order valence-electron chi connectivity index (χ4n) is 1.95. The number of morpholine rings is 1. The van der Waals surface area contributed by atoms with E-state index in [4.69, 9.17) is 9.84 Å². The Morgan fingerprint density at radius 2 is 2.05 bits per heavy atom. The number of nitrogens with zero attached hydrogens (tertiary/aromatic N) is 1. The quantitative estimate of drug-likeness (QED) is 0.845. The van der Waals surface area contributed by atoms with Crippen LogP contribution in [-0.4, -0.2) is 47.7 Å². The molecule has 1 unspecified atom stereocenters. The van der Waals surface area contributed by atoms with Crippen molar-refractivity contribution in [1.29, 1.82) is 0 Å². The molecule has 0 aliphatic carbocycles. The third kappa shape index (κ3) is 3.68. The van der Waals surface area contributed by atoms with Crippen molar-refractivity contribution in [2.24, 2.45) is 0 Å². The lowest BCUT2D eigenvalue weighted by Crippen LogP contribution is -2.48. The first-order chi connectivity index (χ1) is 9.56. The van der Waals surface area contributed by atoms with Crippen molar-refractivity contribution >= 4 is 18.0 Å². The molecule has 1 aromatic carbocycles. The van der Waals surface area contributed by atoms with Crippen LogP contribution in [-0.2, 0) is 14.3 Å². The van der Waals surface area contributed by atoms with Gasteiger partial charge < -0.3 is 14.7 Å². The number of amides is 1. The molecule has 1 amide bonds. The number of carboxylic acids is 1. The average molecular weight is 275 g/mol. The smallest absolute Gasteiger partial charge is 0.334 e. The third-order valence-electron chi connectivity index (χ3n) is 3.15. The van der Waals surface area contributed by atoms with Crippen molar-refractivity contribution in [3.8, 4) is 0 Å². The van der Waals surface area contributed by atoms with Crippen LogP contribution < -0.4 is 0 Å². The van der Waals surface area contributed by atoms with E-state index in [2.05, 4.69) is 0 Å². The zero-order valence-electron chi connectivity index (χ0n) is 11.3. The van der Waals surface area contributed by atoms with Gasteiger partial charge in [-0.3, -0.25) is 4.79 Å². The highest BCUT2D eigenvalue weighted by Crippen LogP contribution is 2.09. The number of ether oxygens (including phenoxy) is 1. The molecule has 1 saturated heterocycles. The minimum Gasteiger partial charge on any atom is -0.479 e. The maximum absolute atomic E-state index is 12.0. The van der Waals surface area contributed by atoms with E-state index in [1.807, 2.05) is 31.2 Å². The molecule has 1 fully saturated rings. The van der Waals surface area contributed by atoms with Gasteiger partial charge in [0.15, 0.2) is 6.10 Å². The summed E-state index contributed by atoms with van der Waals surface area (Å²) in [4.78, 5) is 24.3. The lowest BCUT2D eigenvalue weighted by Gasteiger charge is -2.30. The third-order valence-corrected chi connectivity index (χ3v) is 3.15. The van der Waals surface area contributed by atoms with Crippen LogP contribution in [0.3, 0.4) is 0 Å². The SMILES string of the molecule is Cc1ccc(/C=C/C(=O)N2CCOC(C(=O)O)C2)cc1. The Labute approximate surface area is 117 Å². The van der Waals surface area contributed by atoms with E-state index in [1.165, 1.54) is 11.0 Å². The van der Waals surface area contributed by atoms with E-state index in [1.54, 1.807) is 6.08 Å². The molecule has 1 N–H and O–H groups in total. The summed E-state index contributed by atoms with van der Waals surface area (Å²) in [6.45, 7) is 2.76. The number of aliphatic carboxylic acids is 1. The summed E-state index contributed by atoms with van der Waals surface area (Å²) < 4.78 is 5.08. The van der Waals surface area contributed by atoms with Crippen molar-refractivity contribution in [2.75, 3.05) is 19.7 Å². The molecule has 1 atom stereocenters. The van der Waals surface area contributed by atoms with Gasteiger partial charge in [-0.25, -0.2) is 4.79 Å². The fourth-order valence-corrected chi connectivity index (χ4v) is 1.95. The number of hydrogen-bond acceptors (Lipinski definition) is 3. The summed E-state index contributed by atoms with van der Waals surface area (Å²) >= 11 is 0. The highest BCUT2D eigenvalue weighted by Gasteiger charge is 2.27. The molecule has 5 heteroatoms. The van der Waals surface area contributed by atoms with Gasteiger partial charge in [-0.2, -0.15) is 0 Å². The van der Waals surface area contributed by atoms with Gasteiger partial charge >= 0.3 is 5.97 Å². The Balaban J connectivity index is 1.97. The van der Waals surface area contributed by atoms with Gasteiger partial charge in [0.25, 0.3) is 0 Å². The maximum Gasteiger partial charge on any atom is 0.334 e. The number of carbonyl (C=O) groups is 2. The molecule has 0 radical (unpaired) electrons. The molecule has 1 aromatic rings. The van der Waals surface area contributed by atoms with E-state index in [-0.39, 0.29) is 19.1 Å². The highest BCUT2D eigenvalue weighted by atomic mass is 16.5. The van der Waals surface area contributed by atoms with Crippen LogP contribution in [0.1, 0.15) is 11.1 Å². The molecule has 1 aliphatic heterocycles. The second kappa shape index (κ2) is 6.34. The number of benzene rings is 1. The molecule has 1 aliphatic rings. The number of aryl methyl sites for hydroxylation is 1. The first kappa shape index (κ1) is 14.3. The summed E-state index contributed by atoms with van der Waals surface area (Å²) in [5, 5.41) is 8.89. The van der Waals surface area contributed by atoms with Crippen LogP contribution in [0.4, 0.5) is 0 Å². The Kier molecular flexibility index (Phi) is 4.53. The highest BCUT2D eigenvalue weighted by molar-refractivity contribution is 5.92. The van der Waals surface area contributed by atoms with Crippen molar-refractivity contribution < 1.29 is 19.4 Å². The number of carbonyl (C=O) groups excluding carboxylic acids is 1. The zero-order chi connectivity index (χ0) is 14.5.